The number of alkyl halides is 6. The predicted octanol–water partition coefficient (Wildman–Crippen LogP) is 12.5. The minimum absolute atomic E-state index is 0.0231. The monoisotopic (exact) mass is 1030 g/mol. The van der Waals surface area contributed by atoms with Gasteiger partial charge in [0.1, 0.15) is 48.1 Å². The van der Waals surface area contributed by atoms with Crippen LogP contribution in [0.5, 0.6) is 11.8 Å². The Labute approximate surface area is 409 Å². The molecule has 4 aromatic heterocycles. The Morgan fingerprint density at radius 3 is 1.63 bits per heavy atom. The summed E-state index contributed by atoms with van der Waals surface area (Å²) in [6.45, 7) is 10.8. The first kappa shape index (κ1) is 51.9. The van der Waals surface area contributed by atoms with Crippen molar-refractivity contribution in [3.8, 4) is 56.8 Å². The number of H-pyrrole nitrogens is 1. The Morgan fingerprint density at radius 2 is 1.23 bits per heavy atom. The molecule has 0 bridgehead atoms. The second kappa shape index (κ2) is 20.0. The third-order valence-electron chi connectivity index (χ3n) is 12.0. The SMILES string of the molecule is Cc1cc(OCC2(C(=O)O)CC2)ncc1-c1ccc(-c2nc(C(F)(F)F)cn2COCC[Si](C)(C)C)c(Cl)c1.Cc1cc(OCC2(C(=O)O)CC2)ncc1-c1ccc(-c2ncc(C(F)(F)F)[nH]2)c(Cl)c1. The number of nitrogens with zero attached hydrogens (tertiary/aromatic N) is 5. The van der Waals surface area contributed by atoms with Crippen LogP contribution < -0.4 is 9.47 Å². The molecule has 0 aliphatic heterocycles. The van der Waals surface area contributed by atoms with Gasteiger partial charge in [-0.15, -0.1) is 0 Å². The molecule has 2 fully saturated rings. The molecule has 3 N–H and O–H groups in total. The summed E-state index contributed by atoms with van der Waals surface area (Å²) in [6.07, 6.45) is -1.94. The fourth-order valence-corrected chi connectivity index (χ4v) is 8.43. The third kappa shape index (κ3) is 12.3. The first-order chi connectivity index (χ1) is 32.8. The molecule has 2 aliphatic carbocycles. The molecule has 0 saturated heterocycles. The van der Waals surface area contributed by atoms with E-state index < -0.39 is 54.6 Å². The fourth-order valence-electron chi connectivity index (χ4n) is 7.14. The highest BCUT2D eigenvalue weighted by atomic mass is 35.5. The topological polar surface area (TPSA) is 175 Å². The molecule has 6 aromatic rings. The van der Waals surface area contributed by atoms with E-state index in [9.17, 15) is 46.1 Å². The zero-order valence-corrected chi connectivity index (χ0v) is 41.0. The van der Waals surface area contributed by atoms with Gasteiger partial charge < -0.3 is 34.0 Å². The zero-order valence-electron chi connectivity index (χ0n) is 38.5. The first-order valence-corrected chi connectivity index (χ1v) is 26.3. The van der Waals surface area contributed by atoms with Gasteiger partial charge in [0.15, 0.2) is 5.69 Å². The van der Waals surface area contributed by atoms with E-state index in [4.69, 9.17) is 37.4 Å². The van der Waals surface area contributed by atoms with Crippen LogP contribution in [-0.2, 0) is 33.4 Å². The molecule has 0 spiro atoms. The van der Waals surface area contributed by atoms with E-state index in [0.717, 1.165) is 46.3 Å². The number of aryl methyl sites for hydroxylation is 2. The standard InChI is InChI=1S/C27H31ClF3N3O4Si.C21H17ClF3N3O3/c1-17-11-23(38-15-26(7-8-26)25(35)36)32-13-20(17)18-5-6-19(21(28)12-18)24-33-22(27(29,30)31)14-34(24)16-37-9-10-39(2,3)4;1-11-6-17(31-10-20(4-5-20)19(29)30)26-8-14(11)12-2-3-13(15(22)7-12)18-27-9-16(28-18)21(23,24)25/h5-6,11-14H,7-10,15-16H2,1-4H3,(H,35,36);2-3,6-9H,4-5,10H2,1H3,(H,27,28)(H,29,30). The molecule has 8 rings (SSSR count). The van der Waals surface area contributed by atoms with Crippen LogP contribution in [0, 0.1) is 24.7 Å². The van der Waals surface area contributed by atoms with Crippen LogP contribution in [-0.4, -0.2) is 79.5 Å². The number of carboxylic acids is 2. The largest absolute Gasteiger partial charge is 0.481 e. The molecular formula is C48H48Cl2F6N6O7Si. The fraction of sp³-hybridized carbons (Fsp3) is 0.375. The normalized spacial score (nSPS) is 14.9. The number of aromatic amines is 1. The molecular weight excluding hydrogens is 986 g/mol. The number of pyridine rings is 2. The number of hydrogen-bond donors (Lipinski definition) is 3. The number of halogens is 8. The minimum Gasteiger partial charge on any atom is -0.481 e. The first-order valence-electron chi connectivity index (χ1n) is 21.9. The van der Waals surface area contributed by atoms with E-state index in [1.165, 1.54) is 4.57 Å². The lowest BCUT2D eigenvalue weighted by Gasteiger charge is -2.16. The third-order valence-corrected chi connectivity index (χ3v) is 14.3. The Kier molecular flexibility index (Phi) is 14.8. The van der Waals surface area contributed by atoms with Crippen LogP contribution in [0.2, 0.25) is 35.7 Å². The number of ether oxygens (including phenoxy) is 3. The Bertz CT molecular complexity index is 2910. The smallest absolute Gasteiger partial charge is 0.434 e. The summed E-state index contributed by atoms with van der Waals surface area (Å²) in [6, 6.07) is 14.3. The molecule has 0 radical (unpaired) electrons. The summed E-state index contributed by atoms with van der Waals surface area (Å²) in [5.41, 5.74) is 1.68. The number of carbonyl (C=O) groups is 2. The maximum atomic E-state index is 13.5. The lowest BCUT2D eigenvalue weighted by molar-refractivity contribution is -0.145. The number of rotatable bonds is 17. The Morgan fingerprint density at radius 1 is 0.729 bits per heavy atom. The van der Waals surface area contributed by atoms with Crippen LogP contribution in [0.3, 0.4) is 0 Å². The van der Waals surface area contributed by atoms with Crippen molar-refractivity contribution in [1.29, 1.82) is 0 Å². The van der Waals surface area contributed by atoms with Gasteiger partial charge >= 0.3 is 24.3 Å². The van der Waals surface area contributed by atoms with E-state index in [1.54, 1.807) is 60.9 Å². The van der Waals surface area contributed by atoms with E-state index in [0.29, 0.717) is 60.7 Å². The molecule has 2 saturated carbocycles. The molecule has 0 unspecified atom stereocenters. The zero-order chi connectivity index (χ0) is 51.0. The molecule has 2 aliphatic rings. The van der Waals surface area contributed by atoms with Gasteiger partial charge in [0, 0.05) is 67.7 Å². The van der Waals surface area contributed by atoms with Crippen molar-refractivity contribution in [1.82, 2.24) is 29.5 Å². The van der Waals surface area contributed by atoms with Crippen LogP contribution in [0.15, 0.2) is 73.3 Å². The minimum atomic E-state index is -4.61. The van der Waals surface area contributed by atoms with E-state index in [1.807, 2.05) is 13.8 Å². The number of aliphatic carboxylic acids is 2. The molecule has 2 aromatic carbocycles. The van der Waals surface area contributed by atoms with Crippen molar-refractivity contribution in [2.75, 3.05) is 19.8 Å². The van der Waals surface area contributed by atoms with E-state index in [2.05, 4.69) is 44.6 Å². The van der Waals surface area contributed by atoms with E-state index >= 15 is 0 Å². The van der Waals surface area contributed by atoms with Gasteiger partial charge in [-0.25, -0.2) is 19.9 Å². The van der Waals surface area contributed by atoms with Gasteiger partial charge in [-0.05, 0) is 92.1 Å². The second-order valence-electron chi connectivity index (χ2n) is 18.7. The maximum Gasteiger partial charge on any atom is 0.434 e. The van der Waals surface area contributed by atoms with Crippen molar-refractivity contribution in [3.63, 3.8) is 0 Å². The van der Waals surface area contributed by atoms with Crippen molar-refractivity contribution < 1.29 is 60.4 Å². The highest BCUT2D eigenvalue weighted by molar-refractivity contribution is 6.76. The predicted molar refractivity (Wildman–Crippen MR) is 251 cm³/mol. The highest BCUT2D eigenvalue weighted by Gasteiger charge is 2.52. The second-order valence-corrected chi connectivity index (χ2v) is 25.2. The lowest BCUT2D eigenvalue weighted by atomic mass is 10.0. The number of aromatic nitrogens is 6. The number of hydrogen-bond acceptors (Lipinski definition) is 9. The van der Waals surface area contributed by atoms with Crippen LogP contribution >= 0.6 is 23.2 Å². The molecule has 13 nitrogen and oxygen atoms in total. The van der Waals surface area contributed by atoms with Crippen molar-refractivity contribution in [2.24, 2.45) is 10.8 Å². The number of imidazole rings is 2. The van der Waals surface area contributed by atoms with Gasteiger partial charge in [-0.2, -0.15) is 26.3 Å². The summed E-state index contributed by atoms with van der Waals surface area (Å²) in [5, 5.41) is 19.0. The van der Waals surface area contributed by atoms with Gasteiger partial charge in [0.2, 0.25) is 11.8 Å². The molecule has 372 valence electrons. The van der Waals surface area contributed by atoms with Crippen LogP contribution in [0.1, 0.15) is 48.2 Å². The molecule has 0 amide bonds. The molecule has 70 heavy (non-hydrogen) atoms. The summed E-state index contributed by atoms with van der Waals surface area (Å²) in [4.78, 5) is 41.0. The van der Waals surface area contributed by atoms with Crippen molar-refractivity contribution >= 4 is 43.2 Å². The summed E-state index contributed by atoms with van der Waals surface area (Å²) in [5.74, 6) is -0.997. The lowest BCUT2D eigenvalue weighted by Crippen LogP contribution is -2.23. The highest BCUT2D eigenvalue weighted by Crippen LogP contribution is 2.47. The maximum absolute atomic E-state index is 13.5. The average molecular weight is 1030 g/mol. The molecule has 0 atom stereocenters. The van der Waals surface area contributed by atoms with Gasteiger partial charge in [0.25, 0.3) is 0 Å². The van der Waals surface area contributed by atoms with E-state index in [-0.39, 0.29) is 41.6 Å². The van der Waals surface area contributed by atoms with Gasteiger partial charge in [0.05, 0.1) is 16.2 Å². The summed E-state index contributed by atoms with van der Waals surface area (Å²) < 4.78 is 97.0. The number of nitrogens with one attached hydrogen (secondary N) is 1. The number of benzene rings is 2. The van der Waals surface area contributed by atoms with Gasteiger partial charge in [-0.3, -0.25) is 9.59 Å². The molecule has 4 heterocycles. The van der Waals surface area contributed by atoms with Crippen LogP contribution in [0.25, 0.3) is 45.0 Å². The van der Waals surface area contributed by atoms with Crippen molar-refractivity contribution in [3.05, 3.63) is 106 Å². The summed E-state index contributed by atoms with van der Waals surface area (Å²) in [7, 11) is -1.36. The van der Waals surface area contributed by atoms with Crippen LogP contribution in [0.4, 0.5) is 26.3 Å². The summed E-state index contributed by atoms with van der Waals surface area (Å²) >= 11 is 12.9. The average Bonchev–Trinajstić information content (AvgIpc) is 4.15. The number of carboxylic acid groups (broad SMARTS) is 2. The Hall–Kier alpha value is -5.96. The Balaban J connectivity index is 0.000000212. The molecule has 22 heteroatoms. The van der Waals surface area contributed by atoms with Crippen molar-refractivity contribution in [2.45, 2.75) is 84.3 Å². The quantitative estimate of drug-likeness (QED) is 0.0450. The van der Waals surface area contributed by atoms with Gasteiger partial charge in [-0.1, -0.05) is 55.0 Å².